The summed E-state index contributed by atoms with van der Waals surface area (Å²) in [7, 11) is 0. The molecule has 0 saturated carbocycles. The van der Waals surface area contributed by atoms with Crippen LogP contribution < -0.4 is 5.73 Å². The van der Waals surface area contributed by atoms with Gasteiger partial charge in [0.25, 0.3) is 0 Å². The van der Waals surface area contributed by atoms with Crippen molar-refractivity contribution in [2.45, 2.75) is 42.9 Å². The third-order valence-corrected chi connectivity index (χ3v) is 4.23. The molecule has 0 spiro atoms. The normalized spacial score (nSPS) is 25.1. The van der Waals surface area contributed by atoms with Gasteiger partial charge in [-0.15, -0.1) is 11.8 Å². The molecule has 1 aliphatic heterocycles. The van der Waals surface area contributed by atoms with E-state index in [9.17, 15) is 0 Å². The SMILES string of the molecule is CCCC1Sc2ccc(C)cc2C1N. The monoisotopic (exact) mass is 207 g/mol. The molecule has 0 radical (unpaired) electrons. The molecule has 2 atom stereocenters. The summed E-state index contributed by atoms with van der Waals surface area (Å²) in [5.74, 6) is 0. The fourth-order valence-electron chi connectivity index (χ4n) is 2.00. The van der Waals surface area contributed by atoms with E-state index in [1.807, 2.05) is 11.8 Å². The first-order chi connectivity index (χ1) is 6.72. The van der Waals surface area contributed by atoms with Crippen LogP contribution in [0.3, 0.4) is 0 Å². The van der Waals surface area contributed by atoms with Crippen molar-refractivity contribution in [2.75, 3.05) is 0 Å². The standard InChI is InChI=1S/C12H17NS/c1-3-4-11-12(13)9-7-8(2)5-6-10(9)14-11/h5-7,11-12H,3-4,13H2,1-2H3. The third-order valence-electron chi connectivity index (χ3n) is 2.78. The first kappa shape index (κ1) is 10.1. The molecule has 0 bridgehead atoms. The van der Waals surface area contributed by atoms with Gasteiger partial charge >= 0.3 is 0 Å². The van der Waals surface area contributed by atoms with Crippen LogP contribution in [0.15, 0.2) is 23.1 Å². The van der Waals surface area contributed by atoms with Gasteiger partial charge < -0.3 is 5.73 Å². The molecule has 0 aliphatic carbocycles. The highest BCUT2D eigenvalue weighted by Crippen LogP contribution is 2.44. The number of benzene rings is 1. The van der Waals surface area contributed by atoms with E-state index in [4.69, 9.17) is 5.73 Å². The maximum Gasteiger partial charge on any atom is 0.0430 e. The summed E-state index contributed by atoms with van der Waals surface area (Å²) in [5, 5.41) is 0.594. The highest BCUT2D eigenvalue weighted by atomic mass is 32.2. The Bertz CT molecular complexity index is 335. The Morgan fingerprint density at radius 1 is 1.43 bits per heavy atom. The minimum absolute atomic E-state index is 0.245. The van der Waals surface area contributed by atoms with Crippen LogP contribution in [0.2, 0.25) is 0 Å². The zero-order valence-electron chi connectivity index (χ0n) is 8.79. The average Bonchev–Trinajstić information content (AvgIpc) is 2.46. The van der Waals surface area contributed by atoms with Crippen LogP contribution in [0.4, 0.5) is 0 Å². The molecule has 2 N–H and O–H groups in total. The number of hydrogen-bond donors (Lipinski definition) is 1. The Kier molecular flexibility index (Phi) is 2.84. The largest absolute Gasteiger partial charge is 0.323 e. The highest BCUT2D eigenvalue weighted by molar-refractivity contribution is 8.00. The third kappa shape index (κ3) is 1.69. The summed E-state index contributed by atoms with van der Waals surface area (Å²) in [5.41, 5.74) is 8.90. The molecule has 76 valence electrons. The molecule has 2 unspecified atom stereocenters. The molecule has 14 heavy (non-hydrogen) atoms. The van der Waals surface area contributed by atoms with Gasteiger partial charge in [0.1, 0.15) is 0 Å². The van der Waals surface area contributed by atoms with Crippen molar-refractivity contribution < 1.29 is 0 Å². The molecular formula is C12H17NS. The number of hydrogen-bond acceptors (Lipinski definition) is 2. The molecule has 0 amide bonds. The van der Waals surface area contributed by atoms with E-state index in [1.54, 1.807) is 0 Å². The molecular weight excluding hydrogens is 190 g/mol. The van der Waals surface area contributed by atoms with Crippen LogP contribution in [-0.4, -0.2) is 5.25 Å². The van der Waals surface area contributed by atoms with Crippen molar-refractivity contribution in [3.8, 4) is 0 Å². The van der Waals surface area contributed by atoms with Gasteiger partial charge in [0.2, 0.25) is 0 Å². The number of fused-ring (bicyclic) bond motifs is 1. The minimum atomic E-state index is 0.245. The first-order valence-electron chi connectivity index (χ1n) is 5.25. The Balaban J connectivity index is 2.27. The summed E-state index contributed by atoms with van der Waals surface area (Å²) >= 11 is 1.95. The summed E-state index contributed by atoms with van der Waals surface area (Å²) in [6.07, 6.45) is 2.44. The van der Waals surface area contributed by atoms with Gasteiger partial charge in [-0.3, -0.25) is 0 Å². The van der Waals surface area contributed by atoms with E-state index in [2.05, 4.69) is 32.0 Å². The van der Waals surface area contributed by atoms with Gasteiger partial charge in [-0.2, -0.15) is 0 Å². The van der Waals surface area contributed by atoms with Crippen molar-refractivity contribution in [2.24, 2.45) is 5.73 Å². The van der Waals surface area contributed by atoms with Crippen LogP contribution in [0, 0.1) is 6.92 Å². The Labute approximate surface area is 90.1 Å². The minimum Gasteiger partial charge on any atom is -0.323 e. The Morgan fingerprint density at radius 3 is 2.93 bits per heavy atom. The van der Waals surface area contributed by atoms with Gasteiger partial charge in [0.15, 0.2) is 0 Å². The van der Waals surface area contributed by atoms with Gasteiger partial charge in [-0.25, -0.2) is 0 Å². The summed E-state index contributed by atoms with van der Waals surface area (Å²) in [6.45, 7) is 4.35. The number of nitrogens with two attached hydrogens (primary N) is 1. The second-order valence-corrected chi connectivity index (χ2v) is 5.29. The van der Waals surface area contributed by atoms with E-state index in [0.717, 1.165) is 0 Å². The Hall–Kier alpha value is -0.470. The zero-order chi connectivity index (χ0) is 10.1. The second kappa shape index (κ2) is 3.95. The van der Waals surface area contributed by atoms with E-state index < -0.39 is 0 Å². The van der Waals surface area contributed by atoms with Crippen LogP contribution in [-0.2, 0) is 0 Å². The van der Waals surface area contributed by atoms with Crippen molar-refractivity contribution in [3.05, 3.63) is 29.3 Å². The second-order valence-electron chi connectivity index (χ2n) is 4.01. The molecule has 2 rings (SSSR count). The lowest BCUT2D eigenvalue weighted by atomic mass is 10.0. The van der Waals surface area contributed by atoms with E-state index >= 15 is 0 Å². The van der Waals surface area contributed by atoms with Gasteiger partial charge in [0, 0.05) is 16.2 Å². The fraction of sp³-hybridized carbons (Fsp3) is 0.500. The predicted molar refractivity (Wildman–Crippen MR) is 62.7 cm³/mol. The van der Waals surface area contributed by atoms with Gasteiger partial charge in [0.05, 0.1) is 0 Å². The summed E-state index contributed by atoms with van der Waals surface area (Å²) in [6, 6.07) is 6.87. The van der Waals surface area contributed by atoms with Crippen LogP contribution in [0.5, 0.6) is 0 Å². The number of aryl methyl sites for hydroxylation is 1. The highest BCUT2D eigenvalue weighted by Gasteiger charge is 2.29. The van der Waals surface area contributed by atoms with Crippen LogP contribution in [0.1, 0.15) is 36.9 Å². The summed E-state index contributed by atoms with van der Waals surface area (Å²) in [4.78, 5) is 1.39. The van der Waals surface area contributed by atoms with Gasteiger partial charge in [-0.05, 0) is 25.0 Å². The molecule has 1 aromatic rings. The molecule has 0 fully saturated rings. The molecule has 1 nitrogen and oxygen atoms in total. The van der Waals surface area contributed by atoms with E-state index in [-0.39, 0.29) is 6.04 Å². The van der Waals surface area contributed by atoms with Crippen molar-refractivity contribution in [1.82, 2.24) is 0 Å². The maximum absolute atomic E-state index is 6.22. The number of rotatable bonds is 2. The smallest absolute Gasteiger partial charge is 0.0430 e. The fourth-order valence-corrected chi connectivity index (χ4v) is 3.45. The molecule has 0 aromatic heterocycles. The Morgan fingerprint density at radius 2 is 2.21 bits per heavy atom. The topological polar surface area (TPSA) is 26.0 Å². The van der Waals surface area contributed by atoms with E-state index in [0.29, 0.717) is 5.25 Å². The van der Waals surface area contributed by atoms with E-state index in [1.165, 1.54) is 28.9 Å². The maximum atomic E-state index is 6.22. The molecule has 0 saturated heterocycles. The predicted octanol–water partition coefficient (Wildman–Crippen LogP) is 3.27. The van der Waals surface area contributed by atoms with Crippen molar-refractivity contribution in [1.29, 1.82) is 0 Å². The lowest BCUT2D eigenvalue weighted by molar-refractivity contribution is 0.629. The first-order valence-corrected chi connectivity index (χ1v) is 6.13. The van der Waals surface area contributed by atoms with Crippen molar-refractivity contribution >= 4 is 11.8 Å². The molecule has 1 aliphatic rings. The average molecular weight is 207 g/mol. The van der Waals surface area contributed by atoms with Crippen LogP contribution in [0.25, 0.3) is 0 Å². The van der Waals surface area contributed by atoms with Gasteiger partial charge in [-0.1, -0.05) is 31.0 Å². The lowest BCUT2D eigenvalue weighted by Gasteiger charge is -2.13. The zero-order valence-corrected chi connectivity index (χ0v) is 9.60. The molecule has 1 heterocycles. The summed E-state index contributed by atoms with van der Waals surface area (Å²) < 4.78 is 0. The van der Waals surface area contributed by atoms with Crippen molar-refractivity contribution in [3.63, 3.8) is 0 Å². The lowest BCUT2D eigenvalue weighted by Crippen LogP contribution is -2.18. The quantitative estimate of drug-likeness (QED) is 0.805. The molecule has 1 aromatic carbocycles. The van der Waals surface area contributed by atoms with Crippen LogP contribution >= 0.6 is 11.8 Å². The molecule has 2 heteroatoms. The number of thioether (sulfide) groups is 1.